The van der Waals surface area contributed by atoms with Gasteiger partial charge in [0.15, 0.2) is 0 Å². The minimum Gasteiger partial charge on any atom is -0.475 e. The maximum absolute atomic E-state index is 11.2. The molecule has 0 heterocycles. The summed E-state index contributed by atoms with van der Waals surface area (Å²) in [4.78, 5) is 11.2. The zero-order valence-electron chi connectivity index (χ0n) is 9.92. The number of rotatable bonds is 4. The minimum absolute atomic E-state index is 0.117. The first kappa shape index (κ1) is 13.4. The summed E-state index contributed by atoms with van der Waals surface area (Å²) in [6, 6.07) is 16.1. The van der Waals surface area contributed by atoms with Crippen LogP contribution in [0.2, 0.25) is 0 Å². The molecule has 0 atom stereocenters. The van der Waals surface area contributed by atoms with E-state index in [1.807, 2.05) is 18.2 Å². The highest BCUT2D eigenvalue weighted by atomic mass is 79.9. The smallest absolute Gasteiger partial charge is 0.371 e. The molecule has 0 amide bonds. The summed E-state index contributed by atoms with van der Waals surface area (Å²) in [5.41, 5.74) is 0.761. The largest absolute Gasteiger partial charge is 0.475 e. The fourth-order valence-electron chi connectivity index (χ4n) is 1.46. The van der Waals surface area contributed by atoms with E-state index < -0.39 is 5.97 Å². The van der Waals surface area contributed by atoms with Crippen molar-refractivity contribution in [2.24, 2.45) is 0 Å². The summed E-state index contributed by atoms with van der Waals surface area (Å²) < 4.78 is 6.30. The van der Waals surface area contributed by atoms with Gasteiger partial charge in [-0.05, 0) is 35.9 Å². The van der Waals surface area contributed by atoms with Crippen molar-refractivity contribution in [3.8, 4) is 5.75 Å². The highest BCUT2D eigenvalue weighted by Gasteiger charge is 2.10. The number of benzene rings is 2. The topological polar surface area (TPSA) is 46.5 Å². The molecule has 3 nitrogen and oxygen atoms in total. The molecule has 19 heavy (non-hydrogen) atoms. The molecule has 0 spiro atoms. The Kier molecular flexibility index (Phi) is 4.36. The fourth-order valence-corrected chi connectivity index (χ4v) is 1.73. The van der Waals surface area contributed by atoms with E-state index >= 15 is 0 Å². The van der Waals surface area contributed by atoms with Crippen molar-refractivity contribution in [1.29, 1.82) is 0 Å². The van der Waals surface area contributed by atoms with E-state index in [9.17, 15) is 4.79 Å². The van der Waals surface area contributed by atoms with Crippen molar-refractivity contribution in [3.05, 3.63) is 70.4 Å². The number of carboxylic acids is 1. The van der Waals surface area contributed by atoms with Crippen LogP contribution in [0.1, 0.15) is 5.56 Å². The van der Waals surface area contributed by atoms with Crippen LogP contribution in [0.5, 0.6) is 5.75 Å². The molecule has 0 bridgehead atoms. The van der Waals surface area contributed by atoms with Gasteiger partial charge in [-0.25, -0.2) is 4.79 Å². The number of hydrogen-bond acceptors (Lipinski definition) is 2. The summed E-state index contributed by atoms with van der Waals surface area (Å²) in [6.07, 6.45) is 1.49. The van der Waals surface area contributed by atoms with Crippen molar-refractivity contribution in [2.45, 2.75) is 0 Å². The Bertz CT molecular complexity index is 589. The molecule has 2 aromatic carbocycles. The summed E-state index contributed by atoms with van der Waals surface area (Å²) in [5, 5.41) is 9.15. The monoisotopic (exact) mass is 318 g/mol. The van der Waals surface area contributed by atoms with Crippen LogP contribution in [0, 0.1) is 0 Å². The number of hydrogen-bond donors (Lipinski definition) is 1. The summed E-state index contributed by atoms with van der Waals surface area (Å²) in [7, 11) is 0. The van der Waals surface area contributed by atoms with Gasteiger partial charge in [-0.1, -0.05) is 46.3 Å². The molecule has 0 radical (unpaired) electrons. The number of ether oxygens (including phenoxy) is 1. The van der Waals surface area contributed by atoms with Gasteiger partial charge in [-0.15, -0.1) is 0 Å². The quantitative estimate of drug-likeness (QED) is 0.685. The van der Waals surface area contributed by atoms with Crippen LogP contribution in [-0.4, -0.2) is 11.1 Å². The maximum atomic E-state index is 11.2. The Morgan fingerprint density at radius 1 is 1.05 bits per heavy atom. The Hall–Kier alpha value is -2.07. The van der Waals surface area contributed by atoms with Crippen LogP contribution >= 0.6 is 15.9 Å². The molecule has 2 rings (SSSR count). The molecule has 0 saturated carbocycles. The average molecular weight is 319 g/mol. The molecular weight excluding hydrogens is 308 g/mol. The van der Waals surface area contributed by atoms with Gasteiger partial charge >= 0.3 is 5.97 Å². The number of carboxylic acid groups (broad SMARTS) is 1. The molecule has 4 heteroatoms. The van der Waals surface area contributed by atoms with Crippen molar-refractivity contribution in [3.63, 3.8) is 0 Å². The van der Waals surface area contributed by atoms with Crippen LogP contribution in [0.25, 0.3) is 6.08 Å². The van der Waals surface area contributed by atoms with Gasteiger partial charge in [-0.2, -0.15) is 0 Å². The van der Waals surface area contributed by atoms with Gasteiger partial charge < -0.3 is 9.84 Å². The van der Waals surface area contributed by atoms with Gasteiger partial charge in [0, 0.05) is 4.47 Å². The van der Waals surface area contributed by atoms with E-state index in [2.05, 4.69) is 15.9 Å². The standard InChI is InChI=1S/C15H11BrO3/c16-12-8-6-11(7-9-12)10-14(15(17)18)19-13-4-2-1-3-5-13/h1-10H,(H,17,18)/b14-10+. The zero-order chi connectivity index (χ0) is 13.7. The Labute approximate surface area is 119 Å². The first-order valence-corrected chi connectivity index (χ1v) is 6.38. The summed E-state index contributed by atoms with van der Waals surface area (Å²) in [5.74, 6) is -0.728. The van der Waals surface area contributed by atoms with E-state index in [0.717, 1.165) is 10.0 Å². The number of carbonyl (C=O) groups is 1. The minimum atomic E-state index is -1.10. The van der Waals surface area contributed by atoms with E-state index in [4.69, 9.17) is 9.84 Å². The van der Waals surface area contributed by atoms with E-state index in [1.165, 1.54) is 6.08 Å². The number of halogens is 1. The van der Waals surface area contributed by atoms with Gasteiger partial charge in [0.25, 0.3) is 0 Å². The second kappa shape index (κ2) is 6.20. The molecular formula is C15H11BrO3. The third kappa shape index (κ3) is 3.96. The van der Waals surface area contributed by atoms with Gasteiger partial charge in [0.05, 0.1) is 0 Å². The lowest BCUT2D eigenvalue weighted by Gasteiger charge is -2.06. The lowest BCUT2D eigenvalue weighted by molar-refractivity contribution is -0.134. The van der Waals surface area contributed by atoms with Crippen molar-refractivity contribution in [1.82, 2.24) is 0 Å². The van der Waals surface area contributed by atoms with Crippen LogP contribution < -0.4 is 4.74 Å². The zero-order valence-corrected chi connectivity index (χ0v) is 11.5. The molecule has 0 aliphatic heterocycles. The fraction of sp³-hybridized carbons (Fsp3) is 0. The molecule has 0 aliphatic rings. The van der Waals surface area contributed by atoms with Crippen LogP contribution in [0.3, 0.4) is 0 Å². The molecule has 96 valence electrons. The van der Waals surface area contributed by atoms with Crippen LogP contribution in [-0.2, 0) is 4.79 Å². The Morgan fingerprint density at radius 3 is 2.26 bits per heavy atom. The third-order valence-corrected chi connectivity index (χ3v) is 2.88. The molecule has 0 saturated heterocycles. The number of aliphatic carboxylic acids is 1. The predicted octanol–water partition coefficient (Wildman–Crippen LogP) is 3.95. The van der Waals surface area contributed by atoms with E-state index in [-0.39, 0.29) is 5.76 Å². The molecule has 1 N–H and O–H groups in total. The SMILES string of the molecule is O=C(O)/C(=C\c1ccc(Br)cc1)Oc1ccccc1. The van der Waals surface area contributed by atoms with Crippen molar-refractivity contribution in [2.75, 3.05) is 0 Å². The highest BCUT2D eigenvalue weighted by molar-refractivity contribution is 9.10. The molecule has 2 aromatic rings. The Balaban J connectivity index is 2.25. The first-order chi connectivity index (χ1) is 9.15. The summed E-state index contributed by atoms with van der Waals surface area (Å²) >= 11 is 3.33. The molecule has 0 aliphatic carbocycles. The predicted molar refractivity (Wildman–Crippen MR) is 76.8 cm³/mol. The van der Waals surface area contributed by atoms with Crippen LogP contribution in [0.15, 0.2) is 64.8 Å². The lowest BCUT2D eigenvalue weighted by atomic mass is 10.2. The lowest BCUT2D eigenvalue weighted by Crippen LogP contribution is -2.07. The van der Waals surface area contributed by atoms with Crippen molar-refractivity contribution >= 4 is 28.0 Å². The first-order valence-electron chi connectivity index (χ1n) is 5.58. The molecule has 0 aromatic heterocycles. The second-order valence-electron chi connectivity index (χ2n) is 3.78. The molecule has 0 fully saturated rings. The molecule has 0 unspecified atom stereocenters. The normalized spacial score (nSPS) is 11.1. The van der Waals surface area contributed by atoms with Crippen molar-refractivity contribution < 1.29 is 14.6 Å². The van der Waals surface area contributed by atoms with E-state index in [1.54, 1.807) is 36.4 Å². The highest BCUT2D eigenvalue weighted by Crippen LogP contribution is 2.17. The van der Waals surface area contributed by atoms with Crippen LogP contribution in [0.4, 0.5) is 0 Å². The number of para-hydroxylation sites is 1. The van der Waals surface area contributed by atoms with Gasteiger partial charge in [0.2, 0.25) is 5.76 Å². The average Bonchev–Trinajstić information content (AvgIpc) is 2.41. The second-order valence-corrected chi connectivity index (χ2v) is 4.70. The van der Waals surface area contributed by atoms with Gasteiger partial charge in [0.1, 0.15) is 5.75 Å². The van der Waals surface area contributed by atoms with Gasteiger partial charge in [-0.3, -0.25) is 0 Å². The maximum Gasteiger partial charge on any atom is 0.371 e. The van der Waals surface area contributed by atoms with E-state index in [0.29, 0.717) is 5.75 Å². The Morgan fingerprint density at radius 2 is 1.68 bits per heavy atom. The third-order valence-electron chi connectivity index (χ3n) is 2.35. The summed E-state index contributed by atoms with van der Waals surface area (Å²) in [6.45, 7) is 0.